The van der Waals surface area contributed by atoms with Crippen molar-refractivity contribution in [1.29, 1.82) is 0 Å². The first kappa shape index (κ1) is 50.4. The molecular weight excluding hydrogens is 1040 g/mol. The van der Waals surface area contributed by atoms with Gasteiger partial charge in [0.05, 0.1) is 36.0 Å². The van der Waals surface area contributed by atoms with E-state index in [2.05, 4.69) is 119 Å². The van der Waals surface area contributed by atoms with E-state index in [1.807, 2.05) is 60.7 Å². The average Bonchev–Trinajstić information content (AvgIpc) is 3.25. The Balaban J connectivity index is 1.49. The molecule has 0 amide bonds. The lowest BCUT2D eigenvalue weighted by Gasteiger charge is -2.31. The molecule has 62 heavy (non-hydrogen) atoms. The molecular formula is C52H63Br4O6+. The average molecular weight is 1100 g/mol. The minimum absolute atomic E-state index is 0.0545. The summed E-state index contributed by atoms with van der Waals surface area (Å²) in [5.74, 6) is 3.45. The first-order chi connectivity index (χ1) is 29.5. The normalized spacial score (nSPS) is 16.9. The number of aliphatic hydroxyl groups excluding tert-OH is 1. The van der Waals surface area contributed by atoms with Crippen molar-refractivity contribution >= 4 is 81.3 Å². The molecule has 1 aliphatic carbocycles. The molecule has 5 rings (SSSR count). The zero-order valence-corrected chi connectivity index (χ0v) is 43.9. The van der Waals surface area contributed by atoms with Crippen LogP contribution in [0.1, 0.15) is 124 Å². The van der Waals surface area contributed by atoms with Crippen LogP contribution in [0.4, 0.5) is 0 Å². The number of unbranched alkanes of at least 4 members (excludes halogenated alkanes) is 2. The number of ketones is 1. The molecule has 6 nitrogen and oxygen atoms in total. The van der Waals surface area contributed by atoms with Gasteiger partial charge in [0, 0.05) is 48.1 Å². The number of aliphatic hydroxyl groups is 1. The number of halogens is 4. The van der Waals surface area contributed by atoms with Gasteiger partial charge in [0.2, 0.25) is 5.78 Å². The fourth-order valence-corrected chi connectivity index (χ4v) is 8.66. The Kier molecular flexibility index (Phi) is 18.7. The highest BCUT2D eigenvalue weighted by molar-refractivity contribution is 9.13. The minimum Gasteiger partial charge on any atom is -0.506 e. The summed E-state index contributed by atoms with van der Waals surface area (Å²) in [5.41, 5.74) is 2.73. The number of hydrogen-bond donors (Lipinski definition) is 1. The Labute approximate surface area is 403 Å². The van der Waals surface area contributed by atoms with E-state index < -0.39 is 10.8 Å². The van der Waals surface area contributed by atoms with Crippen LogP contribution in [0.15, 0.2) is 117 Å². The second-order valence-corrected chi connectivity index (χ2v) is 21.3. The molecule has 3 aromatic rings. The van der Waals surface area contributed by atoms with Crippen LogP contribution in [0.5, 0.6) is 0 Å². The molecule has 0 saturated carbocycles. The van der Waals surface area contributed by atoms with Gasteiger partial charge < -0.3 is 19.3 Å². The zero-order valence-electron chi connectivity index (χ0n) is 37.6. The van der Waals surface area contributed by atoms with Crippen molar-refractivity contribution in [1.82, 2.24) is 0 Å². The molecule has 2 unspecified atom stereocenters. The van der Waals surface area contributed by atoms with Crippen molar-refractivity contribution in [2.75, 3.05) is 26.4 Å². The van der Waals surface area contributed by atoms with Gasteiger partial charge in [-0.05, 0) is 168 Å². The zero-order chi connectivity index (χ0) is 45.2. The van der Waals surface area contributed by atoms with Crippen molar-refractivity contribution in [3.8, 4) is 11.3 Å². The van der Waals surface area contributed by atoms with Crippen LogP contribution < -0.4 is 0 Å². The predicted octanol–water partition coefficient (Wildman–Crippen LogP) is 16.7. The molecule has 1 aromatic heterocycles. The number of carbonyl (C=O) groups excluding carboxylic acids is 1. The number of ether oxygens (including phenoxy) is 3. The van der Waals surface area contributed by atoms with Crippen LogP contribution in [-0.2, 0) is 24.4 Å². The highest BCUT2D eigenvalue weighted by Crippen LogP contribution is 2.41. The van der Waals surface area contributed by atoms with Crippen molar-refractivity contribution in [3.63, 3.8) is 0 Å². The number of Topliss-reactive ketones (excluding diaryl/α,β-unsaturated/α-hetero) is 1. The number of carbonyl (C=O) groups is 1. The third-order valence-corrected chi connectivity index (χ3v) is 15.5. The van der Waals surface area contributed by atoms with Crippen LogP contribution in [0, 0.1) is 17.3 Å². The van der Waals surface area contributed by atoms with Crippen molar-refractivity contribution in [2.24, 2.45) is 17.3 Å². The van der Waals surface area contributed by atoms with E-state index in [0.29, 0.717) is 49.8 Å². The summed E-state index contributed by atoms with van der Waals surface area (Å²) >= 11 is 14.5. The van der Waals surface area contributed by atoms with Crippen molar-refractivity contribution in [3.05, 3.63) is 130 Å². The number of allylic oxidation sites excluding steroid dienone is 6. The van der Waals surface area contributed by atoms with E-state index in [1.165, 1.54) is 25.7 Å². The summed E-state index contributed by atoms with van der Waals surface area (Å²) < 4.78 is 29.6. The standard InChI is InChI=1S/C52H62Br4O6/c1-9-13-15-33(11-3)29-59-31-51(5,6)47-25-35(23-45(61-47)37-17-19-41(53)43(55)27-37)21-39-49(57)40(50(39)58)22-36-24-46(38-18-20-42(54)44(56)28-38)62-48(26-36)52(7,8)32-60-30-34(12-4)16-14-10-2/h17-28,33-34H,9-16,29-32H2,1-8H3/p+1. The van der Waals surface area contributed by atoms with Crippen LogP contribution in [-0.4, -0.2) is 37.3 Å². The minimum atomic E-state index is -0.483. The third-order valence-electron chi connectivity index (χ3n) is 11.7. The largest absolute Gasteiger partial charge is 0.506 e. The van der Waals surface area contributed by atoms with Gasteiger partial charge in [0.1, 0.15) is 22.7 Å². The fraction of sp³-hybridized carbons (Fsp3) is 0.462. The quantitative estimate of drug-likeness (QED) is 0.0798. The van der Waals surface area contributed by atoms with Crippen LogP contribution in [0.3, 0.4) is 0 Å². The first-order valence-corrected chi connectivity index (χ1v) is 25.3. The van der Waals surface area contributed by atoms with Gasteiger partial charge in [-0.1, -0.05) is 86.1 Å². The maximum Gasteiger partial charge on any atom is 0.360 e. The van der Waals surface area contributed by atoms with E-state index >= 15 is 0 Å². The summed E-state index contributed by atoms with van der Waals surface area (Å²) in [6, 6.07) is 15.8. The smallest absolute Gasteiger partial charge is 0.360 e. The molecule has 10 heteroatoms. The highest BCUT2D eigenvalue weighted by atomic mass is 79.9. The van der Waals surface area contributed by atoms with Gasteiger partial charge in [-0.3, -0.25) is 4.79 Å². The SMILES string of the molecule is CCCCC(CC)COCC(C)(C)C1=C/C(=C/C2=C(O)C(=Cc3cc(-c4ccc(Br)c(Br)c4)[o+]c(C(C)(C)COCC(CC)CCCC)c3)C2=O)C=C(c2ccc(Br)c(Br)c2)O1. The lowest BCUT2D eigenvalue weighted by atomic mass is 9.83. The topological polar surface area (TPSA) is 76.3 Å². The maximum atomic E-state index is 14.0. The number of benzene rings is 2. The van der Waals surface area contributed by atoms with E-state index in [9.17, 15) is 9.90 Å². The maximum absolute atomic E-state index is 14.0. The predicted molar refractivity (Wildman–Crippen MR) is 269 cm³/mol. The summed E-state index contributed by atoms with van der Waals surface area (Å²) in [6.45, 7) is 19.7. The Bertz CT molecular complexity index is 2230. The number of hydrogen-bond acceptors (Lipinski definition) is 5. The highest BCUT2D eigenvalue weighted by Gasteiger charge is 2.37. The molecule has 1 aliphatic heterocycles. The van der Waals surface area contributed by atoms with Crippen molar-refractivity contribution < 1.29 is 28.5 Å². The molecule has 0 radical (unpaired) electrons. The van der Waals surface area contributed by atoms with Gasteiger partial charge in [-0.25, -0.2) is 4.42 Å². The molecule has 0 saturated heterocycles. The Morgan fingerprint density at radius 1 is 0.726 bits per heavy atom. The first-order valence-electron chi connectivity index (χ1n) is 22.1. The van der Waals surface area contributed by atoms with Gasteiger partial charge in [0.15, 0.2) is 0 Å². The van der Waals surface area contributed by atoms with Gasteiger partial charge >= 0.3 is 11.5 Å². The second-order valence-electron chi connectivity index (χ2n) is 17.9. The third kappa shape index (κ3) is 13.2. The molecule has 2 aromatic carbocycles. The molecule has 0 spiro atoms. The van der Waals surface area contributed by atoms with Crippen LogP contribution >= 0.6 is 63.7 Å². The van der Waals surface area contributed by atoms with Crippen LogP contribution in [0.25, 0.3) is 23.2 Å². The van der Waals surface area contributed by atoms with E-state index in [4.69, 9.17) is 18.6 Å². The Morgan fingerprint density at radius 3 is 1.84 bits per heavy atom. The van der Waals surface area contributed by atoms with Gasteiger partial charge in [-0.2, -0.15) is 0 Å². The number of rotatable bonds is 22. The molecule has 2 heterocycles. The lowest BCUT2D eigenvalue weighted by molar-refractivity contribution is -0.113. The molecule has 2 aliphatic rings. The van der Waals surface area contributed by atoms with Crippen LogP contribution in [0.2, 0.25) is 0 Å². The molecule has 0 fully saturated rings. The Morgan fingerprint density at radius 2 is 1.29 bits per heavy atom. The summed E-state index contributed by atoms with van der Waals surface area (Å²) in [7, 11) is 0. The van der Waals surface area contributed by atoms with Crippen molar-refractivity contribution in [2.45, 2.75) is 112 Å². The lowest BCUT2D eigenvalue weighted by Crippen LogP contribution is -2.26. The molecule has 2 atom stereocenters. The summed E-state index contributed by atoms with van der Waals surface area (Å²) in [6.07, 6.45) is 16.6. The molecule has 334 valence electrons. The van der Waals surface area contributed by atoms with Gasteiger partial charge in [0.25, 0.3) is 0 Å². The monoisotopic (exact) mass is 1100 g/mol. The Hall–Kier alpha value is -2.60. The fourth-order valence-electron chi connectivity index (χ4n) is 7.40. The summed E-state index contributed by atoms with van der Waals surface area (Å²) in [5, 5.41) is 11.6. The van der Waals surface area contributed by atoms with Gasteiger partial charge in [-0.15, -0.1) is 0 Å². The van der Waals surface area contributed by atoms with E-state index in [0.717, 1.165) is 77.4 Å². The molecule has 1 N–H and O–H groups in total. The molecule has 0 bridgehead atoms. The summed E-state index contributed by atoms with van der Waals surface area (Å²) in [4.78, 5) is 14.0. The van der Waals surface area contributed by atoms with E-state index in [1.54, 1.807) is 12.2 Å². The second kappa shape index (κ2) is 23.0. The van der Waals surface area contributed by atoms with E-state index in [-0.39, 0.29) is 22.7 Å².